The van der Waals surface area contributed by atoms with Gasteiger partial charge in [-0.25, -0.2) is 8.42 Å². The fraction of sp³-hybridized carbons (Fsp3) is 0.364. The number of ketones is 1. The number of hydrogen-bond donors (Lipinski definition) is 0. The molecule has 1 aromatic carbocycles. The Morgan fingerprint density at radius 2 is 1.63 bits per heavy atom. The Balaban J connectivity index is 0.00000154. The minimum absolute atomic E-state index is 0.194. The molecule has 0 amide bonds. The summed E-state index contributed by atoms with van der Waals surface area (Å²) in [5.41, 5.74) is -5.62. The van der Waals surface area contributed by atoms with E-state index in [4.69, 9.17) is 11.6 Å². The molecule has 0 saturated heterocycles. The molecule has 0 radical (unpaired) electrons. The van der Waals surface area contributed by atoms with E-state index in [2.05, 4.69) is 0 Å². The fourth-order valence-corrected chi connectivity index (χ4v) is 2.19. The van der Waals surface area contributed by atoms with Crippen LogP contribution in [0.5, 0.6) is 0 Å². The first-order valence-electron chi connectivity index (χ1n) is 5.18. The predicted octanol–water partition coefficient (Wildman–Crippen LogP) is 3.86. The van der Waals surface area contributed by atoms with Gasteiger partial charge in [0.15, 0.2) is 5.78 Å². The molecule has 1 aromatic rings. The van der Waals surface area contributed by atoms with E-state index in [1.807, 2.05) is 13.8 Å². The Bertz CT molecular complexity index is 565. The minimum Gasteiger partial charge on any atom is -0.295 e. The lowest BCUT2D eigenvalue weighted by Gasteiger charge is -2.09. The van der Waals surface area contributed by atoms with Gasteiger partial charge in [-0.15, -0.1) is 0 Å². The SMILES string of the molecule is CC.CC(=O)c1cc(Cl)cc(S(=O)(=O)C(F)(F)F)c1. The van der Waals surface area contributed by atoms with Crippen LogP contribution in [-0.2, 0) is 9.84 Å². The van der Waals surface area contributed by atoms with E-state index in [-0.39, 0.29) is 10.6 Å². The molecule has 0 saturated carbocycles. The van der Waals surface area contributed by atoms with Crippen molar-refractivity contribution in [2.45, 2.75) is 31.2 Å². The van der Waals surface area contributed by atoms with E-state index in [0.29, 0.717) is 12.1 Å². The standard InChI is InChI=1S/C9H6ClF3O3S.C2H6/c1-5(14)6-2-7(10)4-8(3-6)17(15,16)9(11,12)13;1-2/h2-4H,1H3;1-2H3. The third-order valence-electron chi connectivity index (χ3n) is 1.89. The van der Waals surface area contributed by atoms with Crippen LogP contribution in [0.2, 0.25) is 5.02 Å². The van der Waals surface area contributed by atoms with Crippen molar-refractivity contribution in [1.29, 1.82) is 0 Å². The lowest BCUT2D eigenvalue weighted by molar-refractivity contribution is -0.0436. The largest absolute Gasteiger partial charge is 0.501 e. The second-order valence-corrected chi connectivity index (χ2v) is 5.56. The Labute approximate surface area is 114 Å². The van der Waals surface area contributed by atoms with Crippen molar-refractivity contribution in [3.63, 3.8) is 0 Å². The highest BCUT2D eigenvalue weighted by Crippen LogP contribution is 2.32. The van der Waals surface area contributed by atoms with Crippen LogP contribution in [0.25, 0.3) is 0 Å². The van der Waals surface area contributed by atoms with E-state index in [1.54, 1.807) is 0 Å². The Morgan fingerprint density at radius 1 is 1.16 bits per heavy atom. The maximum Gasteiger partial charge on any atom is 0.501 e. The molecule has 3 nitrogen and oxygen atoms in total. The molecular formula is C11H12ClF3O3S. The average Bonchev–Trinajstić information content (AvgIpc) is 2.29. The summed E-state index contributed by atoms with van der Waals surface area (Å²) in [5.74, 6) is -0.578. The first-order valence-corrected chi connectivity index (χ1v) is 7.04. The maximum atomic E-state index is 12.3. The number of hydrogen-bond acceptors (Lipinski definition) is 3. The van der Waals surface area contributed by atoms with Gasteiger partial charge in [-0.05, 0) is 25.1 Å². The van der Waals surface area contributed by atoms with Crippen molar-refractivity contribution < 1.29 is 26.4 Å². The molecule has 0 atom stereocenters. The zero-order chi connectivity index (χ0) is 15.4. The third-order valence-corrected chi connectivity index (χ3v) is 3.58. The van der Waals surface area contributed by atoms with Gasteiger partial charge >= 0.3 is 5.51 Å². The summed E-state index contributed by atoms with van der Waals surface area (Å²) >= 11 is 5.47. The summed E-state index contributed by atoms with van der Waals surface area (Å²) < 4.78 is 59.0. The van der Waals surface area contributed by atoms with E-state index < -0.39 is 26.0 Å². The summed E-state index contributed by atoms with van der Waals surface area (Å²) in [7, 11) is -5.49. The number of Topliss-reactive ketones (excluding diaryl/α,β-unsaturated/α-hetero) is 1. The highest BCUT2D eigenvalue weighted by atomic mass is 35.5. The summed E-state index contributed by atoms with van der Waals surface area (Å²) in [6.07, 6.45) is 0. The number of benzene rings is 1. The summed E-state index contributed by atoms with van der Waals surface area (Å²) in [5, 5.41) is -0.250. The summed E-state index contributed by atoms with van der Waals surface area (Å²) in [6, 6.07) is 2.40. The first kappa shape index (κ1) is 17.9. The normalized spacial score (nSPS) is 11.5. The highest BCUT2D eigenvalue weighted by Gasteiger charge is 2.47. The Hall–Kier alpha value is -1.08. The minimum atomic E-state index is -5.49. The molecule has 108 valence electrons. The molecule has 0 N–H and O–H groups in total. The second-order valence-electron chi connectivity index (χ2n) is 3.18. The number of carbonyl (C=O) groups excluding carboxylic acids is 1. The van der Waals surface area contributed by atoms with Crippen LogP contribution in [0.3, 0.4) is 0 Å². The molecular weight excluding hydrogens is 305 g/mol. The van der Waals surface area contributed by atoms with Gasteiger partial charge in [0, 0.05) is 10.6 Å². The van der Waals surface area contributed by atoms with Crippen LogP contribution in [0.4, 0.5) is 13.2 Å². The Kier molecular flexibility index (Phi) is 6.02. The first-order chi connectivity index (χ1) is 8.55. The quantitative estimate of drug-likeness (QED) is 0.778. The molecule has 0 aliphatic heterocycles. The van der Waals surface area contributed by atoms with E-state index in [9.17, 15) is 26.4 Å². The summed E-state index contributed by atoms with van der Waals surface area (Å²) in [6.45, 7) is 5.09. The molecule has 0 aromatic heterocycles. The van der Waals surface area contributed by atoms with Gasteiger partial charge in [-0.3, -0.25) is 4.79 Å². The monoisotopic (exact) mass is 316 g/mol. The van der Waals surface area contributed by atoms with Crippen LogP contribution in [-0.4, -0.2) is 19.7 Å². The summed E-state index contributed by atoms with van der Waals surface area (Å²) in [4.78, 5) is 9.95. The van der Waals surface area contributed by atoms with Gasteiger partial charge in [0.05, 0.1) is 4.90 Å². The maximum absolute atomic E-state index is 12.3. The van der Waals surface area contributed by atoms with Crippen molar-refractivity contribution in [3.8, 4) is 0 Å². The lowest BCUT2D eigenvalue weighted by atomic mass is 10.1. The van der Waals surface area contributed by atoms with Crippen molar-refractivity contribution in [2.75, 3.05) is 0 Å². The molecule has 8 heteroatoms. The average molecular weight is 317 g/mol. The number of halogens is 4. The van der Waals surface area contributed by atoms with Gasteiger partial charge < -0.3 is 0 Å². The molecule has 0 unspecified atom stereocenters. The fourth-order valence-electron chi connectivity index (χ4n) is 1.05. The van der Waals surface area contributed by atoms with Gasteiger partial charge in [0.1, 0.15) is 0 Å². The van der Waals surface area contributed by atoms with Crippen LogP contribution in [0.1, 0.15) is 31.1 Å². The lowest BCUT2D eigenvalue weighted by Crippen LogP contribution is -2.23. The second kappa shape index (κ2) is 6.38. The highest BCUT2D eigenvalue weighted by molar-refractivity contribution is 7.92. The smallest absolute Gasteiger partial charge is 0.295 e. The molecule has 0 spiro atoms. The molecule has 1 rings (SSSR count). The van der Waals surface area contributed by atoms with E-state index in [1.165, 1.54) is 0 Å². The van der Waals surface area contributed by atoms with Gasteiger partial charge in [0.2, 0.25) is 0 Å². The van der Waals surface area contributed by atoms with Gasteiger partial charge in [0.25, 0.3) is 9.84 Å². The van der Waals surface area contributed by atoms with Crippen LogP contribution in [0.15, 0.2) is 23.1 Å². The molecule has 0 fully saturated rings. The van der Waals surface area contributed by atoms with Crippen LogP contribution < -0.4 is 0 Å². The predicted molar refractivity (Wildman–Crippen MR) is 66.0 cm³/mol. The molecule has 0 heterocycles. The van der Waals surface area contributed by atoms with E-state index >= 15 is 0 Å². The van der Waals surface area contributed by atoms with Crippen molar-refractivity contribution in [2.24, 2.45) is 0 Å². The van der Waals surface area contributed by atoms with Gasteiger partial charge in [-0.2, -0.15) is 13.2 Å². The number of carbonyl (C=O) groups is 1. The molecule has 0 aliphatic rings. The molecule has 0 bridgehead atoms. The zero-order valence-electron chi connectivity index (χ0n) is 10.4. The molecule has 0 aliphatic carbocycles. The molecule has 19 heavy (non-hydrogen) atoms. The van der Waals surface area contributed by atoms with Crippen LogP contribution >= 0.6 is 11.6 Å². The van der Waals surface area contributed by atoms with E-state index in [0.717, 1.165) is 13.0 Å². The number of rotatable bonds is 2. The third kappa shape index (κ3) is 4.21. The number of sulfone groups is 1. The van der Waals surface area contributed by atoms with Gasteiger partial charge in [-0.1, -0.05) is 25.4 Å². The number of alkyl halides is 3. The van der Waals surface area contributed by atoms with Crippen molar-refractivity contribution >= 4 is 27.2 Å². The zero-order valence-corrected chi connectivity index (χ0v) is 11.9. The Morgan fingerprint density at radius 3 is 2.00 bits per heavy atom. The topological polar surface area (TPSA) is 51.2 Å². The van der Waals surface area contributed by atoms with Crippen LogP contribution in [0, 0.1) is 0 Å². The van der Waals surface area contributed by atoms with Crippen molar-refractivity contribution in [3.05, 3.63) is 28.8 Å². The van der Waals surface area contributed by atoms with Crippen molar-refractivity contribution in [1.82, 2.24) is 0 Å².